The second kappa shape index (κ2) is 8.59. The molecular weight excluding hydrogens is 424 g/mol. The van der Waals surface area contributed by atoms with Gasteiger partial charge in [-0.1, -0.05) is 17.7 Å². The first-order chi connectivity index (χ1) is 14.1. The summed E-state index contributed by atoms with van der Waals surface area (Å²) in [6.45, 7) is 5.46. The number of carbonyl (C=O) groups is 1. The Balaban J connectivity index is 1.79. The fourth-order valence-corrected chi connectivity index (χ4v) is 4.37. The van der Waals surface area contributed by atoms with E-state index in [2.05, 4.69) is 16.5 Å². The number of sulfonamides is 1. The van der Waals surface area contributed by atoms with Gasteiger partial charge in [-0.25, -0.2) is 13.1 Å². The average Bonchev–Trinajstić information content (AvgIpc) is 3.01. The molecule has 0 radical (unpaired) electrons. The van der Waals surface area contributed by atoms with Gasteiger partial charge in [-0.2, -0.15) is 9.40 Å². The summed E-state index contributed by atoms with van der Waals surface area (Å²) >= 11 is 5.82. The zero-order valence-corrected chi connectivity index (χ0v) is 18.8. The molecule has 1 amide bonds. The molecule has 1 heterocycles. The number of hydrogen-bond donors (Lipinski definition) is 1. The van der Waals surface area contributed by atoms with Crippen LogP contribution in [0.25, 0.3) is 5.69 Å². The van der Waals surface area contributed by atoms with E-state index in [4.69, 9.17) is 11.6 Å². The Morgan fingerprint density at radius 2 is 1.67 bits per heavy atom. The number of hydrogen-bond acceptors (Lipinski definition) is 4. The van der Waals surface area contributed by atoms with Crippen molar-refractivity contribution in [3.63, 3.8) is 0 Å². The minimum absolute atomic E-state index is 0.0679. The summed E-state index contributed by atoms with van der Waals surface area (Å²) in [6, 6.07) is 13.5. The molecule has 7 nitrogen and oxygen atoms in total. The number of nitrogens with zero attached hydrogens (tertiary/aromatic N) is 3. The molecule has 30 heavy (non-hydrogen) atoms. The van der Waals surface area contributed by atoms with E-state index < -0.39 is 15.9 Å². The molecule has 0 fully saturated rings. The molecule has 0 atom stereocenters. The number of likely N-dealkylation sites (N-methyl/N-ethyl adjacent to an activating group) is 1. The molecule has 158 valence electrons. The van der Waals surface area contributed by atoms with Crippen molar-refractivity contribution in [3.05, 3.63) is 70.4 Å². The van der Waals surface area contributed by atoms with Crippen molar-refractivity contribution >= 4 is 33.3 Å². The van der Waals surface area contributed by atoms with Crippen LogP contribution < -0.4 is 5.32 Å². The van der Waals surface area contributed by atoms with E-state index in [1.165, 1.54) is 31.3 Å². The molecular formula is C21H23ClN4O3S. The van der Waals surface area contributed by atoms with Crippen LogP contribution in [0.2, 0.25) is 5.02 Å². The van der Waals surface area contributed by atoms with E-state index in [0.29, 0.717) is 10.8 Å². The van der Waals surface area contributed by atoms with Crippen LogP contribution in [0.3, 0.4) is 0 Å². The first-order valence-corrected chi connectivity index (χ1v) is 11.0. The lowest BCUT2D eigenvalue weighted by atomic mass is 10.1. The van der Waals surface area contributed by atoms with Gasteiger partial charge in [0.05, 0.1) is 22.8 Å². The highest BCUT2D eigenvalue weighted by Crippen LogP contribution is 2.21. The number of benzene rings is 2. The molecule has 0 aliphatic rings. The summed E-state index contributed by atoms with van der Waals surface area (Å²) in [6.07, 6.45) is 0. The SMILES string of the molecule is Cc1cc(C)cc(-n2nc(C)cc2NC(=O)CN(C)S(=O)(=O)c2ccc(Cl)cc2)c1. The number of halogens is 1. The molecule has 0 spiro atoms. The predicted octanol–water partition coefficient (Wildman–Crippen LogP) is 3.71. The van der Waals surface area contributed by atoms with Crippen molar-refractivity contribution in [1.82, 2.24) is 14.1 Å². The lowest BCUT2D eigenvalue weighted by Crippen LogP contribution is -2.35. The van der Waals surface area contributed by atoms with Gasteiger partial charge in [0.2, 0.25) is 15.9 Å². The quantitative estimate of drug-likeness (QED) is 0.625. The van der Waals surface area contributed by atoms with Crippen molar-refractivity contribution in [3.8, 4) is 5.69 Å². The highest BCUT2D eigenvalue weighted by atomic mass is 35.5. The Hall–Kier alpha value is -2.68. The molecule has 0 bridgehead atoms. The number of carbonyl (C=O) groups excluding carboxylic acids is 1. The Morgan fingerprint density at radius 1 is 1.07 bits per heavy atom. The lowest BCUT2D eigenvalue weighted by molar-refractivity contribution is -0.116. The largest absolute Gasteiger partial charge is 0.309 e. The van der Waals surface area contributed by atoms with E-state index in [1.54, 1.807) is 10.7 Å². The van der Waals surface area contributed by atoms with Gasteiger partial charge in [-0.15, -0.1) is 0 Å². The van der Waals surface area contributed by atoms with Gasteiger partial charge in [-0.05, 0) is 68.3 Å². The van der Waals surface area contributed by atoms with Crippen LogP contribution >= 0.6 is 11.6 Å². The lowest BCUT2D eigenvalue weighted by Gasteiger charge is -2.17. The number of aromatic nitrogens is 2. The van der Waals surface area contributed by atoms with E-state index in [0.717, 1.165) is 26.8 Å². The molecule has 0 aliphatic carbocycles. The monoisotopic (exact) mass is 446 g/mol. The second-order valence-corrected chi connectivity index (χ2v) is 9.67. The summed E-state index contributed by atoms with van der Waals surface area (Å²) in [7, 11) is -2.46. The summed E-state index contributed by atoms with van der Waals surface area (Å²) < 4.78 is 28.0. The highest BCUT2D eigenvalue weighted by Gasteiger charge is 2.23. The van der Waals surface area contributed by atoms with Gasteiger partial charge < -0.3 is 5.32 Å². The van der Waals surface area contributed by atoms with Crippen molar-refractivity contribution in [1.29, 1.82) is 0 Å². The third-order valence-electron chi connectivity index (χ3n) is 4.44. The van der Waals surface area contributed by atoms with E-state index >= 15 is 0 Å². The maximum absolute atomic E-state index is 12.7. The van der Waals surface area contributed by atoms with E-state index in [1.807, 2.05) is 32.9 Å². The molecule has 0 saturated carbocycles. The standard InChI is InChI=1S/C21H23ClN4O3S/c1-14-9-15(2)11-18(10-14)26-20(12-16(3)24-26)23-21(27)13-25(4)30(28,29)19-7-5-17(22)6-8-19/h5-12H,13H2,1-4H3,(H,23,27). The summed E-state index contributed by atoms with van der Waals surface area (Å²) in [5, 5.41) is 7.66. The topological polar surface area (TPSA) is 84.3 Å². The summed E-state index contributed by atoms with van der Waals surface area (Å²) in [4.78, 5) is 12.7. The van der Waals surface area contributed by atoms with Gasteiger partial charge in [0, 0.05) is 18.1 Å². The number of amides is 1. The van der Waals surface area contributed by atoms with Gasteiger partial charge in [0.15, 0.2) is 0 Å². The van der Waals surface area contributed by atoms with Crippen LogP contribution in [0.4, 0.5) is 5.82 Å². The fraction of sp³-hybridized carbons (Fsp3) is 0.238. The Bertz CT molecular complexity index is 1170. The maximum Gasteiger partial charge on any atom is 0.243 e. The first kappa shape index (κ1) is 22.0. The van der Waals surface area contributed by atoms with Crippen molar-refractivity contribution in [2.45, 2.75) is 25.7 Å². The third kappa shape index (κ3) is 4.89. The first-order valence-electron chi connectivity index (χ1n) is 9.23. The van der Waals surface area contributed by atoms with E-state index in [-0.39, 0.29) is 11.4 Å². The Morgan fingerprint density at radius 3 is 2.27 bits per heavy atom. The smallest absolute Gasteiger partial charge is 0.243 e. The van der Waals surface area contributed by atoms with Gasteiger partial charge in [-0.3, -0.25) is 4.79 Å². The third-order valence-corrected chi connectivity index (χ3v) is 6.51. The summed E-state index contributed by atoms with van der Waals surface area (Å²) in [5.41, 5.74) is 3.69. The van der Waals surface area contributed by atoms with Crippen LogP contribution in [-0.4, -0.2) is 42.0 Å². The maximum atomic E-state index is 12.7. The van der Waals surface area contributed by atoms with Crippen LogP contribution in [0, 0.1) is 20.8 Å². The number of nitrogens with one attached hydrogen (secondary N) is 1. The molecule has 3 aromatic rings. The minimum atomic E-state index is -3.82. The zero-order chi connectivity index (χ0) is 22.1. The van der Waals surface area contributed by atoms with Gasteiger partial charge in [0.1, 0.15) is 5.82 Å². The molecule has 0 unspecified atom stereocenters. The number of rotatable bonds is 6. The molecule has 0 saturated heterocycles. The predicted molar refractivity (Wildman–Crippen MR) is 118 cm³/mol. The Kier molecular flexibility index (Phi) is 6.30. The van der Waals surface area contributed by atoms with Crippen LogP contribution in [0.15, 0.2) is 53.4 Å². The fourth-order valence-electron chi connectivity index (χ4n) is 3.11. The average molecular weight is 447 g/mol. The van der Waals surface area contributed by atoms with Gasteiger partial charge in [0.25, 0.3) is 0 Å². The van der Waals surface area contributed by atoms with Crippen molar-refractivity contribution in [2.24, 2.45) is 0 Å². The molecule has 0 aliphatic heterocycles. The van der Waals surface area contributed by atoms with Crippen LogP contribution in [0.1, 0.15) is 16.8 Å². The molecule has 1 N–H and O–H groups in total. The van der Waals surface area contributed by atoms with Crippen molar-refractivity contribution in [2.75, 3.05) is 18.9 Å². The Labute approximate surface area is 181 Å². The van der Waals surface area contributed by atoms with Gasteiger partial charge >= 0.3 is 0 Å². The minimum Gasteiger partial charge on any atom is -0.309 e. The molecule has 3 rings (SSSR count). The summed E-state index contributed by atoms with van der Waals surface area (Å²) in [5.74, 6) is 0.000328. The molecule has 1 aromatic heterocycles. The number of aryl methyl sites for hydroxylation is 3. The van der Waals surface area contributed by atoms with Crippen LogP contribution in [-0.2, 0) is 14.8 Å². The zero-order valence-electron chi connectivity index (χ0n) is 17.2. The van der Waals surface area contributed by atoms with Crippen molar-refractivity contribution < 1.29 is 13.2 Å². The molecule has 9 heteroatoms. The molecule has 2 aromatic carbocycles. The highest BCUT2D eigenvalue weighted by molar-refractivity contribution is 7.89. The van der Waals surface area contributed by atoms with E-state index in [9.17, 15) is 13.2 Å². The van der Waals surface area contributed by atoms with Crippen LogP contribution in [0.5, 0.6) is 0 Å². The normalized spacial score (nSPS) is 11.7. The second-order valence-electron chi connectivity index (χ2n) is 7.19. The number of anilines is 1.